The van der Waals surface area contributed by atoms with E-state index in [1.54, 1.807) is 60.7 Å². The first kappa shape index (κ1) is 16.0. The van der Waals surface area contributed by atoms with E-state index in [-0.39, 0.29) is 11.7 Å². The number of carbonyl (C=O) groups excluding carboxylic acids is 2. The second kappa shape index (κ2) is 7.11. The molecule has 1 amide bonds. The Bertz CT molecular complexity index is 874. The highest BCUT2D eigenvalue weighted by Crippen LogP contribution is 2.16. The van der Waals surface area contributed by atoms with Gasteiger partial charge in [-0.05, 0) is 36.4 Å². The van der Waals surface area contributed by atoms with Gasteiger partial charge in [0.05, 0.1) is 0 Å². The minimum absolute atomic E-state index is 0.0850. The summed E-state index contributed by atoms with van der Waals surface area (Å²) in [6, 6.07) is 22.5. The molecule has 0 heterocycles. The number of ketones is 1. The van der Waals surface area contributed by atoms with Gasteiger partial charge < -0.3 is 5.32 Å². The van der Waals surface area contributed by atoms with E-state index < -0.39 is 0 Å². The van der Waals surface area contributed by atoms with Gasteiger partial charge in [0.25, 0.3) is 5.91 Å². The Hall–Kier alpha value is -2.91. The fourth-order valence-corrected chi connectivity index (χ4v) is 2.42. The Morgan fingerprint density at radius 3 is 2.08 bits per heavy atom. The maximum atomic E-state index is 12.5. The first-order chi connectivity index (χ1) is 11.6. The van der Waals surface area contributed by atoms with Crippen molar-refractivity contribution in [2.24, 2.45) is 0 Å². The Kier molecular flexibility index (Phi) is 4.73. The van der Waals surface area contributed by atoms with Crippen LogP contribution in [-0.2, 0) is 0 Å². The lowest BCUT2D eigenvalue weighted by molar-refractivity contribution is 0.102. The van der Waals surface area contributed by atoms with E-state index in [2.05, 4.69) is 5.32 Å². The molecule has 0 aliphatic heterocycles. The summed E-state index contributed by atoms with van der Waals surface area (Å²) in [5.41, 5.74) is 2.20. The van der Waals surface area contributed by atoms with Crippen LogP contribution in [0.2, 0.25) is 5.02 Å². The van der Waals surface area contributed by atoms with Crippen molar-refractivity contribution in [2.75, 3.05) is 5.32 Å². The minimum atomic E-state index is -0.254. The van der Waals surface area contributed by atoms with Gasteiger partial charge in [-0.25, -0.2) is 0 Å². The molecule has 3 nitrogen and oxygen atoms in total. The number of halogens is 1. The standard InChI is InChI=1S/C20H14ClNO2/c21-17-11-9-15(10-12-17)20(24)22-18-8-4-7-16(13-18)19(23)14-5-2-1-3-6-14/h1-13H,(H,22,24). The van der Waals surface area contributed by atoms with E-state index in [1.807, 2.05) is 18.2 Å². The number of hydrogen-bond donors (Lipinski definition) is 1. The predicted molar refractivity (Wildman–Crippen MR) is 95.7 cm³/mol. The van der Waals surface area contributed by atoms with E-state index in [4.69, 9.17) is 11.6 Å². The van der Waals surface area contributed by atoms with Crippen LogP contribution in [0.3, 0.4) is 0 Å². The van der Waals surface area contributed by atoms with Crippen LogP contribution in [0.25, 0.3) is 0 Å². The van der Waals surface area contributed by atoms with Crippen molar-refractivity contribution in [1.82, 2.24) is 0 Å². The second-order valence-electron chi connectivity index (χ2n) is 5.24. The number of nitrogens with one attached hydrogen (secondary N) is 1. The summed E-state index contributed by atoms with van der Waals surface area (Å²) in [6.45, 7) is 0. The van der Waals surface area contributed by atoms with E-state index in [9.17, 15) is 9.59 Å². The van der Waals surface area contributed by atoms with Crippen molar-refractivity contribution >= 4 is 29.0 Å². The number of anilines is 1. The molecule has 0 saturated carbocycles. The van der Waals surface area contributed by atoms with Crippen LogP contribution in [0.4, 0.5) is 5.69 Å². The van der Waals surface area contributed by atoms with Gasteiger partial charge in [0, 0.05) is 27.4 Å². The molecule has 3 aromatic rings. The van der Waals surface area contributed by atoms with Crippen LogP contribution in [0.1, 0.15) is 26.3 Å². The van der Waals surface area contributed by atoms with Crippen molar-refractivity contribution in [3.8, 4) is 0 Å². The van der Waals surface area contributed by atoms with Crippen molar-refractivity contribution in [1.29, 1.82) is 0 Å². The van der Waals surface area contributed by atoms with E-state index in [0.29, 0.717) is 27.4 Å². The number of rotatable bonds is 4. The van der Waals surface area contributed by atoms with Gasteiger partial charge in [0.1, 0.15) is 0 Å². The number of carbonyl (C=O) groups is 2. The lowest BCUT2D eigenvalue weighted by atomic mass is 10.0. The van der Waals surface area contributed by atoms with Crippen LogP contribution in [0.5, 0.6) is 0 Å². The molecule has 0 bridgehead atoms. The van der Waals surface area contributed by atoms with Gasteiger partial charge in [-0.15, -0.1) is 0 Å². The van der Waals surface area contributed by atoms with E-state index in [1.165, 1.54) is 0 Å². The monoisotopic (exact) mass is 335 g/mol. The number of amides is 1. The second-order valence-corrected chi connectivity index (χ2v) is 5.67. The molecular weight excluding hydrogens is 322 g/mol. The van der Waals surface area contributed by atoms with Crippen molar-refractivity contribution in [3.05, 3.63) is 101 Å². The molecule has 0 aliphatic rings. The predicted octanol–water partition coefficient (Wildman–Crippen LogP) is 4.82. The summed E-state index contributed by atoms with van der Waals surface area (Å²) in [7, 11) is 0. The number of benzene rings is 3. The Labute approximate surface area is 144 Å². The molecule has 3 aromatic carbocycles. The van der Waals surface area contributed by atoms with Crippen LogP contribution < -0.4 is 5.32 Å². The molecular formula is C20H14ClNO2. The van der Waals surface area contributed by atoms with Crippen LogP contribution in [0.15, 0.2) is 78.9 Å². The normalized spacial score (nSPS) is 10.2. The molecule has 3 rings (SSSR count). The van der Waals surface area contributed by atoms with E-state index >= 15 is 0 Å². The largest absolute Gasteiger partial charge is 0.322 e. The molecule has 0 atom stereocenters. The molecule has 4 heteroatoms. The fraction of sp³-hybridized carbons (Fsp3) is 0. The van der Waals surface area contributed by atoms with Gasteiger partial charge in [0.15, 0.2) is 5.78 Å². The van der Waals surface area contributed by atoms with Gasteiger partial charge in [0.2, 0.25) is 0 Å². The van der Waals surface area contributed by atoms with Crippen molar-refractivity contribution < 1.29 is 9.59 Å². The maximum Gasteiger partial charge on any atom is 0.255 e. The summed E-state index contributed by atoms with van der Waals surface area (Å²) in [6.07, 6.45) is 0. The zero-order chi connectivity index (χ0) is 16.9. The third-order valence-corrected chi connectivity index (χ3v) is 3.78. The summed E-state index contributed by atoms with van der Waals surface area (Å²) >= 11 is 5.82. The first-order valence-electron chi connectivity index (χ1n) is 7.40. The highest BCUT2D eigenvalue weighted by atomic mass is 35.5. The molecule has 24 heavy (non-hydrogen) atoms. The SMILES string of the molecule is O=C(Nc1cccc(C(=O)c2ccccc2)c1)c1ccc(Cl)cc1. The minimum Gasteiger partial charge on any atom is -0.322 e. The highest BCUT2D eigenvalue weighted by Gasteiger charge is 2.11. The molecule has 0 fully saturated rings. The maximum absolute atomic E-state index is 12.5. The van der Waals surface area contributed by atoms with Gasteiger partial charge >= 0.3 is 0 Å². The summed E-state index contributed by atoms with van der Waals surface area (Å²) < 4.78 is 0. The van der Waals surface area contributed by atoms with E-state index in [0.717, 1.165) is 0 Å². The zero-order valence-corrected chi connectivity index (χ0v) is 13.5. The Morgan fingerprint density at radius 2 is 1.38 bits per heavy atom. The van der Waals surface area contributed by atoms with Crippen molar-refractivity contribution in [3.63, 3.8) is 0 Å². The van der Waals surface area contributed by atoms with Crippen LogP contribution >= 0.6 is 11.6 Å². The summed E-state index contributed by atoms with van der Waals surface area (Å²) in [4.78, 5) is 24.7. The third-order valence-electron chi connectivity index (χ3n) is 3.53. The lowest BCUT2D eigenvalue weighted by Crippen LogP contribution is -2.12. The summed E-state index contributed by atoms with van der Waals surface area (Å²) in [5, 5.41) is 3.36. The highest BCUT2D eigenvalue weighted by molar-refractivity contribution is 6.30. The van der Waals surface area contributed by atoms with Crippen molar-refractivity contribution in [2.45, 2.75) is 0 Å². The quantitative estimate of drug-likeness (QED) is 0.694. The average molecular weight is 336 g/mol. The molecule has 0 unspecified atom stereocenters. The average Bonchev–Trinajstić information content (AvgIpc) is 2.62. The fourth-order valence-electron chi connectivity index (χ4n) is 2.30. The molecule has 1 N–H and O–H groups in total. The molecule has 0 aliphatic carbocycles. The number of hydrogen-bond acceptors (Lipinski definition) is 2. The van der Waals surface area contributed by atoms with Crippen LogP contribution in [-0.4, -0.2) is 11.7 Å². The smallest absolute Gasteiger partial charge is 0.255 e. The Balaban J connectivity index is 1.79. The Morgan fingerprint density at radius 1 is 0.708 bits per heavy atom. The molecule has 0 spiro atoms. The first-order valence-corrected chi connectivity index (χ1v) is 7.78. The van der Waals surface area contributed by atoms with Crippen LogP contribution in [0, 0.1) is 0 Å². The van der Waals surface area contributed by atoms with Gasteiger partial charge in [-0.3, -0.25) is 9.59 Å². The molecule has 0 radical (unpaired) electrons. The van der Waals surface area contributed by atoms with Gasteiger partial charge in [-0.1, -0.05) is 54.1 Å². The summed E-state index contributed by atoms with van der Waals surface area (Å²) in [5.74, 6) is -0.339. The molecule has 118 valence electrons. The molecule has 0 saturated heterocycles. The zero-order valence-electron chi connectivity index (χ0n) is 12.7. The topological polar surface area (TPSA) is 46.2 Å². The van der Waals surface area contributed by atoms with Gasteiger partial charge in [-0.2, -0.15) is 0 Å². The lowest BCUT2D eigenvalue weighted by Gasteiger charge is -2.07. The third kappa shape index (κ3) is 3.70. The molecule has 0 aromatic heterocycles.